The number of aromatic nitrogens is 1. The normalized spacial score (nSPS) is 25.2. The minimum Gasteiger partial charge on any atom is -0.546 e. The van der Waals surface area contributed by atoms with E-state index in [4.69, 9.17) is 22.2 Å². The number of thioether (sulfide) groups is 1. The molecule has 5 aliphatic rings. The number of anilines is 1. The van der Waals surface area contributed by atoms with Gasteiger partial charge in [-0.1, -0.05) is 22.8 Å². The first-order valence-electron chi connectivity index (χ1n) is 16.5. The van der Waals surface area contributed by atoms with E-state index >= 15 is 0 Å². The van der Waals surface area contributed by atoms with Gasteiger partial charge in [0.2, 0.25) is 0 Å². The van der Waals surface area contributed by atoms with Crippen molar-refractivity contribution in [2.75, 3.05) is 44.2 Å². The number of nitrogens with zero attached hydrogens (tertiary/aromatic N) is 4. The number of rotatable bonds is 12. The summed E-state index contributed by atoms with van der Waals surface area (Å²) in [6, 6.07) is 2.11. The summed E-state index contributed by atoms with van der Waals surface area (Å²) in [6.45, 7) is 7.19. The van der Waals surface area contributed by atoms with Gasteiger partial charge in [-0.2, -0.15) is 0 Å². The molecule has 53 heavy (non-hydrogen) atoms. The van der Waals surface area contributed by atoms with Gasteiger partial charge in [0.1, 0.15) is 29.4 Å². The smallest absolute Gasteiger partial charge is 0.546 e. The Hall–Kier alpha value is -3.39. The first-order valence-corrected chi connectivity index (χ1v) is 18.8. The minimum atomic E-state index is -1.89. The number of piperidine rings is 3. The Kier molecular flexibility index (Phi) is 11.8. The van der Waals surface area contributed by atoms with E-state index in [1.54, 1.807) is 19.1 Å². The van der Waals surface area contributed by atoms with Gasteiger partial charge in [0.15, 0.2) is 16.4 Å². The maximum absolute atomic E-state index is 13.5. The molecule has 2 atom stereocenters. The van der Waals surface area contributed by atoms with E-state index in [0.29, 0.717) is 34.5 Å². The summed E-state index contributed by atoms with van der Waals surface area (Å²) in [7, 11) is 0. The van der Waals surface area contributed by atoms with Crippen molar-refractivity contribution >= 4 is 75.2 Å². The monoisotopic (exact) mass is 797 g/mol. The van der Waals surface area contributed by atoms with E-state index in [2.05, 4.69) is 20.8 Å². The van der Waals surface area contributed by atoms with Crippen LogP contribution in [0.3, 0.4) is 0 Å². The third-order valence-corrected chi connectivity index (χ3v) is 12.8. The Morgan fingerprint density at radius 2 is 1.87 bits per heavy atom. The number of halogens is 1. The van der Waals surface area contributed by atoms with Crippen molar-refractivity contribution in [2.24, 2.45) is 10.6 Å². The second-order valence-corrected chi connectivity index (χ2v) is 16.6. The molecule has 16 nitrogen and oxygen atoms in total. The van der Waals surface area contributed by atoms with Gasteiger partial charge in [0.05, 0.1) is 47.9 Å². The molecule has 4 saturated heterocycles. The van der Waals surface area contributed by atoms with Crippen LogP contribution < -0.4 is 56.1 Å². The van der Waals surface area contributed by atoms with Crippen LogP contribution in [0.25, 0.3) is 0 Å². The van der Waals surface area contributed by atoms with Crippen LogP contribution >= 0.6 is 34.7 Å². The molecule has 0 unspecified atom stereocenters. The topological polar surface area (TPSA) is 239 Å². The van der Waals surface area contributed by atoms with Crippen LogP contribution in [-0.2, 0) is 24.0 Å². The van der Waals surface area contributed by atoms with Crippen molar-refractivity contribution < 1.29 is 78.2 Å². The molecule has 278 valence electrons. The first kappa shape index (κ1) is 40.8. The number of β-lactam (4-membered cyclic amide) rings is 1. The number of benzene rings is 1. The number of oxime groups is 1. The summed E-state index contributed by atoms with van der Waals surface area (Å²) in [5.74, 6) is -4.80. The van der Waals surface area contributed by atoms with Crippen LogP contribution in [0.1, 0.15) is 54.7 Å². The molecular formula is C33H37ClN7NaO9S2. The maximum Gasteiger partial charge on any atom is 1.00 e. The zero-order valence-corrected chi connectivity index (χ0v) is 33.9. The molecule has 6 heterocycles. The number of thiazole rings is 1. The quantitative estimate of drug-likeness (QED) is 0.0538. The molecule has 7 rings (SSSR count). The number of hydrogen-bond acceptors (Lipinski definition) is 14. The van der Waals surface area contributed by atoms with Crippen molar-refractivity contribution in [2.45, 2.75) is 57.1 Å². The summed E-state index contributed by atoms with van der Waals surface area (Å²) in [5.41, 5.74) is 4.44. The average molecular weight is 798 g/mol. The predicted octanol–water partition coefficient (Wildman–Crippen LogP) is -3.52. The standard InChI is InChI=1S/C33H38ClN7O9S2.Na/c1-16-4-5-18(20(34)24(16)42)25(43)36-15-33-6-9-41(10-7-33,11-8-33)12-17-13-51-28-22(27(45)40(28)23(17)29(46)47)38-26(44)21(19-14-52-31(35)37-19)39-50-32(2,3)30(48)49;/h4-5,14,22,28H,6-13,15H2,1-3H3,(H6-,35,36,37,38,42,43,44,46,47,48,49);/q;+1/p-1/b39-21-;/t22-,28-,33?,41?;/m1./s1. The summed E-state index contributed by atoms with van der Waals surface area (Å²) < 4.78 is 0.645. The number of carboxylic acid groups (broad SMARTS) is 2. The van der Waals surface area contributed by atoms with Gasteiger partial charge < -0.3 is 50.6 Å². The number of amides is 3. The molecule has 5 aliphatic heterocycles. The van der Waals surface area contributed by atoms with E-state index in [9.17, 15) is 39.3 Å². The Morgan fingerprint density at radius 3 is 2.45 bits per heavy atom. The molecule has 20 heteroatoms. The number of carbonyl (C=O) groups is 5. The fraction of sp³-hybridized carbons (Fsp3) is 0.485. The van der Waals surface area contributed by atoms with Crippen LogP contribution in [0.4, 0.5) is 5.13 Å². The molecule has 5 N–H and O–H groups in total. The molecule has 3 amide bonds. The molecule has 0 saturated carbocycles. The molecule has 0 radical (unpaired) electrons. The predicted molar refractivity (Wildman–Crippen MR) is 186 cm³/mol. The van der Waals surface area contributed by atoms with Crippen molar-refractivity contribution in [1.29, 1.82) is 0 Å². The van der Waals surface area contributed by atoms with Gasteiger partial charge in [-0.3, -0.25) is 19.3 Å². The number of aryl methyl sites for hydroxylation is 1. The first-order chi connectivity index (χ1) is 24.5. The van der Waals surface area contributed by atoms with Crippen LogP contribution in [0.15, 0.2) is 33.9 Å². The van der Waals surface area contributed by atoms with Gasteiger partial charge in [0.25, 0.3) is 17.7 Å². The summed E-state index contributed by atoms with van der Waals surface area (Å²) in [4.78, 5) is 74.0. The van der Waals surface area contributed by atoms with E-state index in [1.165, 1.54) is 31.0 Å². The Morgan fingerprint density at radius 1 is 1.21 bits per heavy atom. The van der Waals surface area contributed by atoms with Gasteiger partial charge >= 0.3 is 29.6 Å². The van der Waals surface area contributed by atoms with Gasteiger partial charge in [-0.25, -0.2) is 4.98 Å². The molecule has 0 spiro atoms. The van der Waals surface area contributed by atoms with Crippen LogP contribution in [0.2, 0.25) is 5.02 Å². The number of aliphatic carboxylic acids is 2. The number of quaternary nitrogens is 1. The number of nitrogens with two attached hydrogens (primary N) is 1. The molecule has 2 aromatic rings. The third-order valence-electron chi connectivity index (χ3n) is 10.4. The van der Waals surface area contributed by atoms with Crippen molar-refractivity contribution in [3.63, 3.8) is 0 Å². The number of nitrogen functional groups attached to an aromatic ring is 1. The zero-order valence-electron chi connectivity index (χ0n) is 29.5. The van der Waals surface area contributed by atoms with Crippen molar-refractivity contribution in [1.82, 2.24) is 20.5 Å². The van der Waals surface area contributed by atoms with Gasteiger partial charge in [0, 0.05) is 47.9 Å². The summed E-state index contributed by atoms with van der Waals surface area (Å²) in [6.07, 6.45) is 2.41. The molecule has 1 aromatic heterocycles. The SMILES string of the molecule is Cc1ccc(C(=O)NCC23CC[N+](CC4=C(C(=O)[O-])N5C(=O)[C@@H](NC(=O)/C(=N\OC(C)(C)C(=O)[O-])c6csc(N)n6)[C@H]5SC4)(CC2)CC3)c(Cl)c1O.[Na+]. The average Bonchev–Trinajstić information content (AvgIpc) is 3.54. The fourth-order valence-corrected chi connectivity index (χ4v) is 9.22. The molecule has 4 fully saturated rings. The second kappa shape index (κ2) is 15.4. The largest absolute Gasteiger partial charge is 1.00 e. The molecular weight excluding hydrogens is 761 g/mol. The second-order valence-electron chi connectivity index (χ2n) is 14.2. The number of nitrogens with one attached hydrogen (secondary N) is 2. The Bertz CT molecular complexity index is 1910. The fourth-order valence-electron chi connectivity index (χ4n) is 7.04. The Labute approximate surface area is 340 Å². The number of hydrogen-bond donors (Lipinski definition) is 4. The molecule has 0 aliphatic carbocycles. The number of phenolic OH excluding ortho intramolecular Hbond substituents is 1. The maximum atomic E-state index is 13.5. The van der Waals surface area contributed by atoms with Crippen LogP contribution in [0.5, 0.6) is 5.75 Å². The number of fused-ring (bicyclic) bond motifs is 4. The van der Waals surface area contributed by atoms with Crippen LogP contribution in [0, 0.1) is 12.3 Å². The summed E-state index contributed by atoms with van der Waals surface area (Å²) >= 11 is 8.55. The zero-order chi connectivity index (χ0) is 37.7. The molecule has 1 aromatic carbocycles. The van der Waals surface area contributed by atoms with Crippen molar-refractivity contribution in [3.8, 4) is 5.75 Å². The van der Waals surface area contributed by atoms with E-state index < -0.39 is 46.5 Å². The number of carboxylic acids is 2. The third kappa shape index (κ3) is 7.90. The van der Waals surface area contributed by atoms with E-state index in [0.717, 1.165) is 55.1 Å². The van der Waals surface area contributed by atoms with E-state index in [-0.39, 0.29) is 73.7 Å². The van der Waals surface area contributed by atoms with Gasteiger partial charge in [-0.15, -0.1) is 23.1 Å². The van der Waals surface area contributed by atoms with Crippen molar-refractivity contribution in [3.05, 3.63) is 50.6 Å². The number of carbonyl (C=O) groups excluding carboxylic acids is 5. The van der Waals surface area contributed by atoms with E-state index in [1.807, 2.05) is 0 Å². The summed E-state index contributed by atoms with van der Waals surface area (Å²) in [5, 5.41) is 44.2. The number of aromatic hydroxyl groups is 1. The minimum absolute atomic E-state index is 0. The van der Waals surface area contributed by atoms with Gasteiger partial charge in [-0.05, 0) is 32.4 Å². The molecule has 2 bridgehead atoms. The number of phenols is 1. The van der Waals surface area contributed by atoms with Crippen LogP contribution in [-0.4, -0.2) is 110 Å². The Balaban J connectivity index is 0.00000541.